The lowest BCUT2D eigenvalue weighted by Crippen LogP contribution is -2.40. The number of H-pyrrole nitrogens is 1. The zero-order valence-corrected chi connectivity index (χ0v) is 24.1. The lowest BCUT2D eigenvalue weighted by atomic mass is 10.0. The third-order valence-corrected chi connectivity index (χ3v) is 9.04. The number of carbonyl (C=O) groups is 1. The summed E-state index contributed by atoms with van der Waals surface area (Å²) >= 11 is 0. The minimum atomic E-state index is -4.37. The van der Waals surface area contributed by atoms with Crippen LogP contribution >= 0.6 is 0 Å². The summed E-state index contributed by atoms with van der Waals surface area (Å²) in [5.41, 5.74) is -0.544. The SMILES string of the molecule is CCN(CCN(C)C)c1ccc(C(=O)Nc2n[nH]c3c2CN(S(=O)(=O)c2cc(F)cc(F)c2)C3(C)C)c([N+](=O)[O-])c1. The highest BCUT2D eigenvalue weighted by molar-refractivity contribution is 7.89. The van der Waals surface area contributed by atoms with Gasteiger partial charge in [0.1, 0.15) is 17.2 Å². The topological polar surface area (TPSA) is 145 Å². The molecule has 1 aliphatic rings. The molecule has 0 aliphatic carbocycles. The van der Waals surface area contributed by atoms with Gasteiger partial charge in [0.2, 0.25) is 10.0 Å². The number of hydrogen-bond donors (Lipinski definition) is 2. The first kappa shape index (κ1) is 30.0. The molecule has 0 saturated heterocycles. The molecule has 15 heteroatoms. The largest absolute Gasteiger partial charge is 0.370 e. The van der Waals surface area contributed by atoms with Crippen molar-refractivity contribution in [2.24, 2.45) is 0 Å². The Bertz CT molecular complexity index is 1590. The van der Waals surface area contributed by atoms with Gasteiger partial charge in [-0.3, -0.25) is 20.0 Å². The summed E-state index contributed by atoms with van der Waals surface area (Å²) in [6.45, 7) is 6.77. The van der Waals surface area contributed by atoms with E-state index in [-0.39, 0.29) is 17.9 Å². The fourth-order valence-corrected chi connectivity index (χ4v) is 6.58. The number of likely N-dealkylation sites (N-methyl/N-ethyl adjacent to an activating group) is 2. The number of fused-ring (bicyclic) bond motifs is 1. The number of sulfonamides is 1. The van der Waals surface area contributed by atoms with Crippen LogP contribution in [0.4, 0.5) is 26.0 Å². The van der Waals surface area contributed by atoms with Crippen molar-refractivity contribution in [1.29, 1.82) is 0 Å². The molecule has 0 unspecified atom stereocenters. The maximum Gasteiger partial charge on any atom is 0.284 e. The molecule has 0 saturated carbocycles. The molecule has 1 aromatic heterocycles. The monoisotopic (exact) mass is 591 g/mol. The molecule has 2 aromatic carbocycles. The van der Waals surface area contributed by atoms with Crippen LogP contribution in [-0.2, 0) is 22.1 Å². The van der Waals surface area contributed by atoms with Crippen molar-refractivity contribution in [2.75, 3.05) is 43.9 Å². The second-order valence-electron chi connectivity index (χ2n) is 10.4. The normalized spacial score (nSPS) is 14.7. The Labute approximate surface area is 236 Å². The van der Waals surface area contributed by atoms with Crippen LogP contribution in [0.25, 0.3) is 0 Å². The van der Waals surface area contributed by atoms with Crippen molar-refractivity contribution in [3.8, 4) is 0 Å². The molecule has 1 aliphatic heterocycles. The minimum absolute atomic E-state index is 0.0132. The lowest BCUT2D eigenvalue weighted by molar-refractivity contribution is -0.385. The zero-order chi connectivity index (χ0) is 30.3. The molecule has 220 valence electrons. The van der Waals surface area contributed by atoms with Crippen LogP contribution in [0, 0.1) is 21.7 Å². The van der Waals surface area contributed by atoms with Crippen molar-refractivity contribution in [3.05, 3.63) is 75.0 Å². The summed E-state index contributed by atoms with van der Waals surface area (Å²) in [7, 11) is -0.528. The van der Waals surface area contributed by atoms with Crippen LogP contribution in [0.15, 0.2) is 41.3 Å². The summed E-state index contributed by atoms with van der Waals surface area (Å²) in [5, 5.41) is 21.3. The molecule has 3 aromatic rings. The Hall–Kier alpha value is -3.95. The number of nitro benzene ring substituents is 1. The van der Waals surface area contributed by atoms with Gasteiger partial charge in [0.15, 0.2) is 5.82 Å². The molecule has 0 spiro atoms. The Morgan fingerprint density at radius 1 is 1.17 bits per heavy atom. The molecular weight excluding hydrogens is 560 g/mol. The van der Waals surface area contributed by atoms with Gasteiger partial charge in [-0.05, 0) is 59.1 Å². The van der Waals surface area contributed by atoms with E-state index in [0.29, 0.717) is 36.1 Å². The van der Waals surface area contributed by atoms with Crippen LogP contribution in [0.5, 0.6) is 0 Å². The number of anilines is 2. The maximum atomic E-state index is 13.8. The quantitative estimate of drug-likeness (QED) is 0.268. The number of carbonyl (C=O) groups excluding carboxylic acids is 1. The first-order valence-electron chi connectivity index (χ1n) is 12.7. The molecule has 1 amide bonds. The molecule has 2 heterocycles. The fourth-order valence-electron chi connectivity index (χ4n) is 4.81. The first-order chi connectivity index (χ1) is 19.2. The van der Waals surface area contributed by atoms with E-state index in [1.54, 1.807) is 19.9 Å². The van der Waals surface area contributed by atoms with Gasteiger partial charge < -0.3 is 15.1 Å². The van der Waals surface area contributed by atoms with Crippen molar-refractivity contribution in [1.82, 2.24) is 19.4 Å². The van der Waals surface area contributed by atoms with E-state index in [1.165, 1.54) is 12.1 Å². The summed E-state index contributed by atoms with van der Waals surface area (Å²) in [6.07, 6.45) is 0. The van der Waals surface area contributed by atoms with E-state index in [4.69, 9.17) is 0 Å². The molecule has 0 radical (unpaired) electrons. The number of benzene rings is 2. The predicted molar refractivity (Wildman–Crippen MR) is 148 cm³/mol. The van der Waals surface area contributed by atoms with Crippen molar-refractivity contribution >= 4 is 33.1 Å². The van der Waals surface area contributed by atoms with Crippen LogP contribution in [-0.4, -0.2) is 72.4 Å². The van der Waals surface area contributed by atoms with E-state index in [1.807, 2.05) is 30.8 Å². The Morgan fingerprint density at radius 3 is 2.41 bits per heavy atom. The van der Waals surface area contributed by atoms with Crippen LogP contribution in [0.1, 0.15) is 42.4 Å². The Kier molecular flexibility index (Phi) is 8.16. The lowest BCUT2D eigenvalue weighted by Gasteiger charge is -2.30. The molecule has 2 N–H and O–H groups in total. The van der Waals surface area contributed by atoms with Crippen molar-refractivity contribution in [2.45, 2.75) is 37.8 Å². The number of nitro groups is 1. The second-order valence-corrected chi connectivity index (χ2v) is 12.3. The fraction of sp³-hybridized carbons (Fsp3) is 0.385. The molecule has 12 nitrogen and oxygen atoms in total. The molecule has 0 bridgehead atoms. The van der Waals surface area contributed by atoms with Gasteiger partial charge in [-0.25, -0.2) is 17.2 Å². The molecular formula is C26H31F2N7O5S. The summed E-state index contributed by atoms with van der Waals surface area (Å²) < 4.78 is 55.4. The van der Waals surface area contributed by atoms with Crippen LogP contribution in [0.2, 0.25) is 0 Å². The van der Waals surface area contributed by atoms with E-state index < -0.39 is 48.6 Å². The smallest absolute Gasteiger partial charge is 0.284 e. The number of aromatic amines is 1. The van der Waals surface area contributed by atoms with Gasteiger partial charge in [0, 0.05) is 49.6 Å². The molecule has 0 atom stereocenters. The van der Waals surface area contributed by atoms with Gasteiger partial charge in [-0.15, -0.1) is 0 Å². The maximum absolute atomic E-state index is 13.8. The highest BCUT2D eigenvalue weighted by Crippen LogP contribution is 2.44. The van der Waals surface area contributed by atoms with E-state index in [0.717, 1.165) is 23.0 Å². The Morgan fingerprint density at radius 2 is 1.83 bits per heavy atom. The van der Waals surface area contributed by atoms with Crippen molar-refractivity contribution < 1.29 is 26.9 Å². The number of amides is 1. The number of rotatable bonds is 10. The summed E-state index contributed by atoms with van der Waals surface area (Å²) in [6, 6.07) is 6.37. The van der Waals surface area contributed by atoms with E-state index in [9.17, 15) is 32.1 Å². The number of hydrogen-bond acceptors (Lipinski definition) is 8. The molecule has 4 rings (SSSR count). The highest BCUT2D eigenvalue weighted by Gasteiger charge is 2.48. The average Bonchev–Trinajstić information content (AvgIpc) is 3.41. The number of aromatic nitrogens is 2. The van der Waals surface area contributed by atoms with E-state index >= 15 is 0 Å². The van der Waals surface area contributed by atoms with Gasteiger partial charge in [-0.1, -0.05) is 0 Å². The second kappa shape index (κ2) is 11.1. The first-order valence-corrected chi connectivity index (χ1v) is 14.2. The number of nitrogens with one attached hydrogen (secondary N) is 2. The van der Waals surface area contributed by atoms with E-state index in [2.05, 4.69) is 15.5 Å². The summed E-state index contributed by atoms with van der Waals surface area (Å²) in [5.74, 6) is -2.90. The standard InChI is InChI=1S/C26H31F2N7O5S/c1-6-33(10-9-32(4)5)18-7-8-20(22(14-18)35(37)38)25(36)29-24-21-15-34(26(2,3)23(21)30-31-24)41(39,40)19-12-16(27)11-17(28)13-19/h7-8,11-14H,6,9-10,15H2,1-5H3,(H2,29,30,31,36). The van der Waals surface area contributed by atoms with Gasteiger partial charge in [-0.2, -0.15) is 9.40 Å². The average molecular weight is 592 g/mol. The zero-order valence-electron chi connectivity index (χ0n) is 23.2. The minimum Gasteiger partial charge on any atom is -0.370 e. The van der Waals surface area contributed by atoms with Gasteiger partial charge >= 0.3 is 0 Å². The number of nitrogens with zero attached hydrogens (tertiary/aromatic N) is 5. The molecule has 0 fully saturated rings. The van der Waals surface area contributed by atoms with Crippen LogP contribution in [0.3, 0.4) is 0 Å². The van der Waals surface area contributed by atoms with Crippen molar-refractivity contribution in [3.63, 3.8) is 0 Å². The van der Waals surface area contributed by atoms with Crippen LogP contribution < -0.4 is 10.2 Å². The predicted octanol–water partition coefficient (Wildman–Crippen LogP) is 3.68. The summed E-state index contributed by atoms with van der Waals surface area (Å²) in [4.78, 5) is 27.9. The Balaban J connectivity index is 1.62. The third kappa shape index (κ3) is 5.78. The molecule has 41 heavy (non-hydrogen) atoms. The number of halogens is 2. The third-order valence-electron chi connectivity index (χ3n) is 7.05. The highest BCUT2D eigenvalue weighted by atomic mass is 32.2. The van der Waals surface area contributed by atoms with Gasteiger partial charge in [0.05, 0.1) is 21.1 Å². The van der Waals surface area contributed by atoms with Gasteiger partial charge in [0.25, 0.3) is 11.6 Å².